The van der Waals surface area contributed by atoms with Crippen LogP contribution in [-0.4, -0.2) is 82.1 Å². The molecule has 0 bridgehead atoms. The van der Waals surface area contributed by atoms with Gasteiger partial charge in [-0.15, -0.1) is 0 Å². The summed E-state index contributed by atoms with van der Waals surface area (Å²) in [5.41, 5.74) is 3.03. The van der Waals surface area contributed by atoms with Gasteiger partial charge in [-0.1, -0.05) is 88.4 Å². The zero-order chi connectivity index (χ0) is 38.9. The molecule has 2 heterocycles. The molecule has 0 saturated carbocycles. The van der Waals surface area contributed by atoms with Crippen LogP contribution in [-0.2, 0) is 32.0 Å². The first-order valence-corrected chi connectivity index (χ1v) is 18.2. The summed E-state index contributed by atoms with van der Waals surface area (Å²) in [6.45, 7) is 7.16. The van der Waals surface area contributed by atoms with Crippen molar-refractivity contribution < 1.29 is 24.3 Å². The van der Waals surface area contributed by atoms with Crippen molar-refractivity contribution in [2.75, 3.05) is 23.7 Å². The fraction of sp³-hybridized carbons (Fsp3) is 0.366. The predicted molar refractivity (Wildman–Crippen MR) is 209 cm³/mol. The fourth-order valence-electron chi connectivity index (χ4n) is 5.89. The zero-order valence-corrected chi connectivity index (χ0v) is 31.2. The molecule has 54 heavy (non-hydrogen) atoms. The highest BCUT2D eigenvalue weighted by Gasteiger charge is 2.35. The second-order valence-electron chi connectivity index (χ2n) is 13.9. The molecule has 7 N–H and O–H groups in total. The first kappa shape index (κ1) is 40.9. The van der Waals surface area contributed by atoms with E-state index in [0.29, 0.717) is 11.4 Å². The maximum Gasteiger partial charge on any atom is 0.243 e. The minimum Gasteiger partial charge on any atom is -0.389 e. The van der Waals surface area contributed by atoms with Gasteiger partial charge in [-0.3, -0.25) is 29.1 Å². The molecule has 4 aromatic rings. The summed E-state index contributed by atoms with van der Waals surface area (Å²) in [6, 6.07) is 22.3. The number of hydrogen-bond donors (Lipinski definition) is 7. The number of nitrogens with zero attached hydrogens (tertiary/aromatic N) is 2. The van der Waals surface area contributed by atoms with Gasteiger partial charge in [0.2, 0.25) is 23.6 Å². The third kappa shape index (κ3) is 13.3. The summed E-state index contributed by atoms with van der Waals surface area (Å²) >= 11 is 0. The van der Waals surface area contributed by atoms with Gasteiger partial charge in [0.25, 0.3) is 0 Å². The first-order chi connectivity index (χ1) is 26.0. The van der Waals surface area contributed by atoms with Crippen LogP contribution in [0.5, 0.6) is 0 Å². The summed E-state index contributed by atoms with van der Waals surface area (Å²) in [4.78, 5) is 62.0. The number of benzene rings is 2. The second kappa shape index (κ2) is 21.0. The second-order valence-corrected chi connectivity index (χ2v) is 13.9. The van der Waals surface area contributed by atoms with E-state index >= 15 is 0 Å². The van der Waals surface area contributed by atoms with E-state index in [4.69, 9.17) is 0 Å². The molecule has 2 aromatic carbocycles. The molecule has 0 aliphatic carbocycles. The van der Waals surface area contributed by atoms with E-state index in [1.165, 1.54) is 0 Å². The fourth-order valence-corrected chi connectivity index (χ4v) is 5.89. The Kier molecular flexibility index (Phi) is 15.9. The number of aliphatic hydroxyl groups excluding tert-OH is 1. The normalized spacial score (nSPS) is 13.3. The van der Waals surface area contributed by atoms with Gasteiger partial charge in [0.05, 0.1) is 42.7 Å². The van der Waals surface area contributed by atoms with E-state index < -0.39 is 42.1 Å². The average molecular weight is 737 g/mol. The number of aliphatic hydroxyl groups is 1. The molecule has 4 atom stereocenters. The predicted octanol–water partition coefficient (Wildman–Crippen LogP) is 3.10. The first-order valence-electron chi connectivity index (χ1n) is 18.2. The molecule has 4 amide bonds. The van der Waals surface area contributed by atoms with Gasteiger partial charge < -0.3 is 37.0 Å². The molecule has 286 valence electrons. The van der Waals surface area contributed by atoms with Crippen LogP contribution in [0.4, 0.5) is 11.4 Å². The highest BCUT2D eigenvalue weighted by atomic mass is 16.3. The highest BCUT2D eigenvalue weighted by Crippen LogP contribution is 2.16. The summed E-state index contributed by atoms with van der Waals surface area (Å²) < 4.78 is 0. The molecule has 0 fully saturated rings. The molecule has 0 aliphatic rings. The van der Waals surface area contributed by atoms with Gasteiger partial charge in [-0.25, -0.2) is 0 Å². The third-order valence-electron chi connectivity index (χ3n) is 8.84. The molecule has 0 radical (unpaired) electrons. The van der Waals surface area contributed by atoms with Crippen LogP contribution in [0.1, 0.15) is 38.8 Å². The Morgan fingerprint density at radius 2 is 0.944 bits per heavy atom. The lowest BCUT2D eigenvalue weighted by Gasteiger charge is -2.34. The van der Waals surface area contributed by atoms with Crippen LogP contribution < -0.4 is 31.9 Å². The Morgan fingerprint density at radius 1 is 0.556 bits per heavy atom. The van der Waals surface area contributed by atoms with E-state index in [2.05, 4.69) is 41.9 Å². The van der Waals surface area contributed by atoms with Crippen molar-refractivity contribution in [1.82, 2.24) is 31.2 Å². The number of anilines is 2. The summed E-state index contributed by atoms with van der Waals surface area (Å²) in [5.74, 6) is -2.30. The number of hydrogen-bond acceptors (Lipinski definition) is 9. The third-order valence-corrected chi connectivity index (χ3v) is 8.84. The lowest BCUT2D eigenvalue weighted by molar-refractivity contribution is -0.131. The number of carbonyl (C=O) groups excluding carboxylic acids is 4. The van der Waals surface area contributed by atoms with Crippen LogP contribution in [0, 0.1) is 11.8 Å². The lowest BCUT2D eigenvalue weighted by Crippen LogP contribution is -2.61. The molecule has 0 aliphatic heterocycles. The van der Waals surface area contributed by atoms with E-state index in [-0.39, 0.29) is 49.6 Å². The van der Waals surface area contributed by atoms with Crippen LogP contribution >= 0.6 is 0 Å². The molecule has 4 rings (SSSR count). The van der Waals surface area contributed by atoms with Crippen molar-refractivity contribution in [3.63, 3.8) is 0 Å². The van der Waals surface area contributed by atoms with Crippen molar-refractivity contribution in [3.05, 3.63) is 121 Å². The van der Waals surface area contributed by atoms with Gasteiger partial charge in [-0.2, -0.15) is 0 Å². The number of carbonyl (C=O) groups is 4. The summed E-state index contributed by atoms with van der Waals surface area (Å²) in [7, 11) is 0. The maximum absolute atomic E-state index is 14.0. The van der Waals surface area contributed by atoms with Gasteiger partial charge in [-0.05, 0) is 60.1 Å². The maximum atomic E-state index is 14.0. The molecular formula is C41H52N8O5. The van der Waals surface area contributed by atoms with Gasteiger partial charge >= 0.3 is 0 Å². The van der Waals surface area contributed by atoms with E-state index in [1.54, 1.807) is 49.1 Å². The van der Waals surface area contributed by atoms with E-state index in [9.17, 15) is 24.3 Å². The topological polar surface area (TPSA) is 186 Å². The Hall–Kier alpha value is -5.82. The summed E-state index contributed by atoms with van der Waals surface area (Å²) in [6.07, 6.45) is 5.64. The highest BCUT2D eigenvalue weighted by molar-refractivity contribution is 5.90. The van der Waals surface area contributed by atoms with E-state index in [0.717, 1.165) is 11.1 Å². The van der Waals surface area contributed by atoms with Crippen molar-refractivity contribution in [1.29, 1.82) is 0 Å². The number of pyridine rings is 2. The monoisotopic (exact) mass is 736 g/mol. The van der Waals surface area contributed by atoms with Gasteiger partial charge in [0.15, 0.2) is 0 Å². The summed E-state index contributed by atoms with van der Waals surface area (Å²) in [5, 5.41) is 29.9. The van der Waals surface area contributed by atoms with Gasteiger partial charge in [0.1, 0.15) is 12.1 Å². The van der Waals surface area contributed by atoms with Crippen LogP contribution in [0.3, 0.4) is 0 Å². The molecule has 13 nitrogen and oxygen atoms in total. The minimum absolute atomic E-state index is 0.0729. The lowest BCUT2D eigenvalue weighted by atomic mass is 9.91. The smallest absolute Gasteiger partial charge is 0.243 e. The molecule has 13 heteroatoms. The number of rotatable bonds is 20. The average Bonchev–Trinajstić information content (AvgIpc) is 3.17. The number of nitrogens with one attached hydrogen (secondary N) is 6. The largest absolute Gasteiger partial charge is 0.389 e. The Labute approximate surface area is 317 Å². The molecule has 2 aromatic heterocycles. The number of aromatic nitrogens is 2. The van der Waals surface area contributed by atoms with Crippen LogP contribution in [0.25, 0.3) is 0 Å². The van der Waals surface area contributed by atoms with Crippen molar-refractivity contribution >= 4 is 35.0 Å². The number of amides is 4. The molecular weight excluding hydrogens is 685 g/mol. The minimum atomic E-state index is -1.29. The quantitative estimate of drug-likeness (QED) is 0.0716. The van der Waals surface area contributed by atoms with Gasteiger partial charge in [0, 0.05) is 24.8 Å². The van der Waals surface area contributed by atoms with Crippen LogP contribution in [0.15, 0.2) is 110 Å². The SMILES string of the molecule is CC(C)[C@H](NC(=O)CNc1cccnc1)C(=O)N[C@@H](Cc1ccccc1)C(O)[C@H](Cc1ccccc1)NC(=O)[C@@H](NC(=O)CNc1cccnc1)C(C)C. The molecule has 0 saturated heterocycles. The molecule has 0 unspecified atom stereocenters. The standard InChI is InChI=1S/C41H52N8O5/c1-27(2)37(48-35(50)25-44-31-17-11-19-42-23-31)40(53)46-33(21-29-13-7-5-8-14-29)39(52)34(22-30-15-9-6-10-16-30)47-41(54)38(28(3)4)49-36(51)26-45-32-18-12-20-43-24-32/h5-20,23-24,27-28,33-34,37-39,44-45,52H,21-22,25-26H2,1-4H3,(H,46,53)(H,47,54)(H,48,50)(H,49,51)/t33-,34-,37-,38-/m0/s1. The molecule has 0 spiro atoms. The Balaban J connectivity index is 1.54. The van der Waals surface area contributed by atoms with Crippen LogP contribution in [0.2, 0.25) is 0 Å². The van der Waals surface area contributed by atoms with E-state index in [1.807, 2.05) is 88.4 Å². The Morgan fingerprint density at radius 3 is 1.28 bits per heavy atom. The van der Waals surface area contributed by atoms with Crippen molar-refractivity contribution in [2.45, 2.75) is 70.8 Å². The Bertz CT molecular complexity index is 1620. The van der Waals surface area contributed by atoms with Crippen molar-refractivity contribution in [2.24, 2.45) is 11.8 Å². The zero-order valence-electron chi connectivity index (χ0n) is 31.2. The van der Waals surface area contributed by atoms with Crippen molar-refractivity contribution in [3.8, 4) is 0 Å².